The molecule has 2 amide bonds. The van der Waals surface area contributed by atoms with Crippen LogP contribution in [0.3, 0.4) is 0 Å². The molecule has 0 aliphatic heterocycles. The number of nitrogens with zero attached hydrogens (tertiary/aromatic N) is 1. The van der Waals surface area contributed by atoms with E-state index >= 15 is 0 Å². The first kappa shape index (κ1) is 23.3. The number of ether oxygens (including phenoxy) is 1. The summed E-state index contributed by atoms with van der Waals surface area (Å²) >= 11 is 0. The van der Waals surface area contributed by atoms with Gasteiger partial charge in [-0.3, -0.25) is 9.59 Å². The van der Waals surface area contributed by atoms with Crippen LogP contribution >= 0.6 is 0 Å². The molecule has 0 saturated carbocycles. The fourth-order valence-electron chi connectivity index (χ4n) is 3.04. The van der Waals surface area contributed by atoms with Crippen LogP contribution in [0.15, 0.2) is 48.5 Å². The van der Waals surface area contributed by atoms with Gasteiger partial charge in [-0.25, -0.2) is 0 Å². The van der Waals surface area contributed by atoms with Crippen molar-refractivity contribution in [3.05, 3.63) is 54.1 Å². The number of hydrogen-bond acceptors (Lipinski definition) is 4. The minimum absolute atomic E-state index is 0.0252. The van der Waals surface area contributed by atoms with E-state index in [-0.39, 0.29) is 18.4 Å². The minimum atomic E-state index is -0.160. The molecule has 2 N–H and O–H groups in total. The second kappa shape index (κ2) is 12.5. The zero-order chi connectivity index (χ0) is 21.8. The molecular formula is C24H33N3O3. The van der Waals surface area contributed by atoms with E-state index in [0.717, 1.165) is 43.8 Å². The Morgan fingerprint density at radius 1 is 0.900 bits per heavy atom. The minimum Gasteiger partial charge on any atom is -0.494 e. The first-order chi connectivity index (χ1) is 14.6. The highest BCUT2D eigenvalue weighted by Gasteiger charge is 2.14. The third-order valence-electron chi connectivity index (χ3n) is 4.45. The van der Waals surface area contributed by atoms with Gasteiger partial charge in [0.2, 0.25) is 5.91 Å². The number of nitrogens with one attached hydrogen (secondary N) is 2. The monoisotopic (exact) mass is 411 g/mol. The first-order valence-corrected chi connectivity index (χ1v) is 10.7. The molecule has 0 fully saturated rings. The van der Waals surface area contributed by atoms with Gasteiger partial charge in [-0.15, -0.1) is 0 Å². The van der Waals surface area contributed by atoms with Gasteiger partial charge in [0, 0.05) is 30.0 Å². The van der Waals surface area contributed by atoms with Gasteiger partial charge in [0.05, 0.1) is 13.2 Å². The van der Waals surface area contributed by atoms with E-state index < -0.39 is 0 Å². The van der Waals surface area contributed by atoms with Crippen molar-refractivity contribution < 1.29 is 14.3 Å². The van der Waals surface area contributed by atoms with Crippen molar-refractivity contribution >= 4 is 23.2 Å². The van der Waals surface area contributed by atoms with Crippen molar-refractivity contribution in [1.82, 2.24) is 4.90 Å². The summed E-state index contributed by atoms with van der Waals surface area (Å²) in [5.74, 6) is 0.652. The Kier molecular flexibility index (Phi) is 9.71. The lowest BCUT2D eigenvalue weighted by Gasteiger charge is -2.21. The summed E-state index contributed by atoms with van der Waals surface area (Å²) < 4.78 is 5.54. The quantitative estimate of drug-likeness (QED) is 0.527. The van der Waals surface area contributed by atoms with Crippen LogP contribution < -0.4 is 15.4 Å². The molecule has 162 valence electrons. The second-order valence-corrected chi connectivity index (χ2v) is 7.15. The predicted molar refractivity (Wildman–Crippen MR) is 122 cm³/mol. The van der Waals surface area contributed by atoms with Crippen LogP contribution in [0.4, 0.5) is 11.4 Å². The van der Waals surface area contributed by atoms with Gasteiger partial charge in [0.25, 0.3) is 5.91 Å². The maximum atomic E-state index is 12.8. The Morgan fingerprint density at radius 3 is 2.23 bits per heavy atom. The van der Waals surface area contributed by atoms with Crippen molar-refractivity contribution in [3.63, 3.8) is 0 Å². The number of anilines is 2. The van der Waals surface area contributed by atoms with Gasteiger partial charge in [-0.05, 0) is 61.7 Å². The Balaban J connectivity index is 1.90. The highest BCUT2D eigenvalue weighted by Crippen LogP contribution is 2.16. The summed E-state index contributed by atoms with van der Waals surface area (Å²) in [7, 11) is 0. The molecule has 0 unspecified atom stereocenters. The Hall–Kier alpha value is -3.02. The lowest BCUT2D eigenvalue weighted by Crippen LogP contribution is -2.32. The standard InChI is InChI=1S/C24H33N3O3/c1-4-14-27(15-5-2)24(29)19-8-7-9-21(17-19)25-18-23(28)26-20-10-12-22(13-11-20)30-16-6-3/h7-13,17,25H,4-6,14-16,18H2,1-3H3,(H,26,28). The van der Waals surface area contributed by atoms with Gasteiger partial charge in [-0.1, -0.05) is 26.8 Å². The fraction of sp³-hybridized carbons (Fsp3) is 0.417. The lowest BCUT2D eigenvalue weighted by atomic mass is 10.1. The molecule has 0 aliphatic carbocycles. The molecule has 0 spiro atoms. The van der Waals surface area contributed by atoms with Gasteiger partial charge in [0.15, 0.2) is 0 Å². The van der Waals surface area contributed by atoms with E-state index in [1.807, 2.05) is 47.4 Å². The molecule has 30 heavy (non-hydrogen) atoms. The zero-order valence-corrected chi connectivity index (χ0v) is 18.2. The van der Waals surface area contributed by atoms with Gasteiger partial charge >= 0.3 is 0 Å². The Morgan fingerprint density at radius 2 is 1.60 bits per heavy atom. The van der Waals surface area contributed by atoms with Crippen molar-refractivity contribution in [2.45, 2.75) is 40.0 Å². The summed E-state index contributed by atoms with van der Waals surface area (Å²) in [6, 6.07) is 14.6. The summed E-state index contributed by atoms with van der Waals surface area (Å²) in [5, 5.41) is 5.95. The van der Waals surface area contributed by atoms with E-state index in [9.17, 15) is 9.59 Å². The maximum Gasteiger partial charge on any atom is 0.253 e. The molecule has 2 aromatic carbocycles. The number of hydrogen-bond donors (Lipinski definition) is 2. The molecule has 0 aliphatic rings. The summed E-state index contributed by atoms with van der Waals surface area (Å²) in [4.78, 5) is 26.9. The average Bonchev–Trinajstić information content (AvgIpc) is 2.77. The smallest absolute Gasteiger partial charge is 0.253 e. The van der Waals surface area contributed by atoms with Crippen LogP contribution in [-0.2, 0) is 4.79 Å². The van der Waals surface area contributed by atoms with Crippen LogP contribution in [0.1, 0.15) is 50.4 Å². The van der Waals surface area contributed by atoms with E-state index in [1.54, 1.807) is 6.07 Å². The van der Waals surface area contributed by atoms with Gasteiger partial charge in [-0.2, -0.15) is 0 Å². The van der Waals surface area contributed by atoms with E-state index in [0.29, 0.717) is 17.9 Å². The summed E-state index contributed by atoms with van der Waals surface area (Å²) in [6.07, 6.45) is 2.80. The van der Waals surface area contributed by atoms with Crippen LogP contribution in [0.5, 0.6) is 5.75 Å². The first-order valence-electron chi connectivity index (χ1n) is 10.7. The van der Waals surface area contributed by atoms with E-state index in [1.165, 1.54) is 0 Å². The molecule has 0 saturated heterocycles. The molecule has 6 heteroatoms. The normalized spacial score (nSPS) is 10.4. The fourth-order valence-corrected chi connectivity index (χ4v) is 3.04. The number of amides is 2. The molecule has 2 aromatic rings. The van der Waals surface area contributed by atoms with Crippen molar-refractivity contribution in [3.8, 4) is 5.75 Å². The maximum absolute atomic E-state index is 12.8. The molecule has 0 bridgehead atoms. The van der Waals surface area contributed by atoms with Crippen molar-refractivity contribution in [2.75, 3.05) is 36.9 Å². The van der Waals surface area contributed by atoms with Crippen LogP contribution in [0.2, 0.25) is 0 Å². The van der Waals surface area contributed by atoms with Crippen molar-refractivity contribution in [1.29, 1.82) is 0 Å². The van der Waals surface area contributed by atoms with Crippen LogP contribution in [0.25, 0.3) is 0 Å². The highest BCUT2D eigenvalue weighted by atomic mass is 16.5. The number of carbonyl (C=O) groups excluding carboxylic acids is 2. The number of rotatable bonds is 12. The van der Waals surface area contributed by atoms with Crippen LogP contribution in [0, 0.1) is 0 Å². The third kappa shape index (κ3) is 7.43. The molecule has 0 radical (unpaired) electrons. The highest BCUT2D eigenvalue weighted by molar-refractivity contribution is 5.96. The van der Waals surface area contributed by atoms with Gasteiger partial charge in [0.1, 0.15) is 5.75 Å². The molecular weight excluding hydrogens is 378 g/mol. The Labute approximate surface area is 179 Å². The Bertz CT molecular complexity index is 800. The lowest BCUT2D eigenvalue weighted by molar-refractivity contribution is -0.114. The average molecular weight is 412 g/mol. The molecule has 6 nitrogen and oxygen atoms in total. The largest absolute Gasteiger partial charge is 0.494 e. The zero-order valence-electron chi connectivity index (χ0n) is 18.2. The number of benzene rings is 2. The molecule has 0 atom stereocenters. The number of carbonyl (C=O) groups is 2. The second-order valence-electron chi connectivity index (χ2n) is 7.15. The van der Waals surface area contributed by atoms with Gasteiger partial charge < -0.3 is 20.3 Å². The molecule has 0 heterocycles. The van der Waals surface area contributed by atoms with E-state index in [2.05, 4.69) is 31.4 Å². The molecule has 0 aromatic heterocycles. The van der Waals surface area contributed by atoms with Crippen LogP contribution in [-0.4, -0.2) is 43.0 Å². The molecule has 2 rings (SSSR count). The predicted octanol–water partition coefficient (Wildman–Crippen LogP) is 4.79. The summed E-state index contributed by atoms with van der Waals surface area (Å²) in [5.41, 5.74) is 2.08. The van der Waals surface area contributed by atoms with Crippen molar-refractivity contribution in [2.24, 2.45) is 0 Å². The summed E-state index contributed by atoms with van der Waals surface area (Å²) in [6.45, 7) is 8.46. The topological polar surface area (TPSA) is 70.7 Å². The SMILES string of the molecule is CCCOc1ccc(NC(=O)CNc2cccc(C(=O)N(CCC)CCC)c2)cc1. The third-order valence-corrected chi connectivity index (χ3v) is 4.45. The van der Waals surface area contributed by atoms with E-state index in [4.69, 9.17) is 4.74 Å².